The maximum atomic E-state index is 12.6. The Labute approximate surface area is 181 Å². The number of benzene rings is 2. The van der Waals surface area contributed by atoms with Crippen LogP contribution in [-0.2, 0) is 14.1 Å². The summed E-state index contributed by atoms with van der Waals surface area (Å²) in [5.74, 6) is 1.11. The van der Waals surface area contributed by atoms with Gasteiger partial charge in [-0.1, -0.05) is 11.6 Å². The summed E-state index contributed by atoms with van der Waals surface area (Å²) in [6, 6.07) is 10.0. The molecule has 2 heterocycles. The molecule has 1 saturated carbocycles. The van der Waals surface area contributed by atoms with E-state index in [0.717, 1.165) is 29.7 Å². The number of aromatic nitrogens is 6. The zero-order valence-corrected chi connectivity index (χ0v) is 17.6. The van der Waals surface area contributed by atoms with E-state index in [1.807, 2.05) is 0 Å². The molecule has 5 rings (SSSR count). The molecule has 2 N–H and O–H groups in total. The van der Waals surface area contributed by atoms with Crippen LogP contribution in [0.1, 0.15) is 24.6 Å². The minimum absolute atomic E-state index is 0.126. The molecule has 11 heteroatoms. The first-order valence-corrected chi connectivity index (χ1v) is 10.1. The van der Waals surface area contributed by atoms with Gasteiger partial charge >= 0.3 is 11.7 Å². The summed E-state index contributed by atoms with van der Waals surface area (Å²) >= 11 is 6.36. The van der Waals surface area contributed by atoms with Crippen LogP contribution in [-0.4, -0.2) is 35.4 Å². The predicted molar refractivity (Wildman–Crippen MR) is 117 cm³/mol. The zero-order valence-electron chi connectivity index (χ0n) is 16.8. The number of rotatable bonds is 4. The first kappa shape index (κ1) is 19.3. The van der Waals surface area contributed by atoms with Crippen molar-refractivity contribution in [2.75, 3.05) is 10.6 Å². The minimum atomic E-state index is -0.423. The molecule has 2 aromatic carbocycles. The van der Waals surface area contributed by atoms with Crippen LogP contribution < -0.4 is 16.3 Å². The van der Waals surface area contributed by atoms with Crippen LogP contribution in [0.5, 0.6) is 0 Å². The van der Waals surface area contributed by atoms with Crippen molar-refractivity contribution >= 4 is 40.0 Å². The number of halogens is 1. The lowest BCUT2D eigenvalue weighted by atomic mass is 10.2. The van der Waals surface area contributed by atoms with E-state index < -0.39 is 6.03 Å². The number of amides is 2. The van der Waals surface area contributed by atoms with E-state index in [1.54, 1.807) is 59.7 Å². The molecule has 158 valence electrons. The third-order valence-electron chi connectivity index (χ3n) is 5.40. The maximum Gasteiger partial charge on any atom is 0.328 e. The van der Waals surface area contributed by atoms with Crippen molar-refractivity contribution in [1.82, 2.24) is 29.3 Å². The van der Waals surface area contributed by atoms with E-state index in [9.17, 15) is 9.59 Å². The Kier molecular flexibility index (Phi) is 4.51. The number of tetrazole rings is 1. The number of carbonyl (C=O) groups is 1. The maximum absolute atomic E-state index is 12.6. The molecule has 1 fully saturated rings. The predicted octanol–water partition coefficient (Wildman–Crippen LogP) is 3.03. The Balaban J connectivity index is 1.37. The molecule has 1 aliphatic carbocycles. The highest BCUT2D eigenvalue weighted by molar-refractivity contribution is 6.32. The van der Waals surface area contributed by atoms with Gasteiger partial charge in [-0.05, 0) is 59.7 Å². The van der Waals surface area contributed by atoms with Crippen LogP contribution in [0.3, 0.4) is 0 Å². The third-order valence-corrected chi connectivity index (χ3v) is 5.72. The quantitative estimate of drug-likeness (QED) is 0.508. The second kappa shape index (κ2) is 7.24. The summed E-state index contributed by atoms with van der Waals surface area (Å²) < 4.78 is 4.71. The van der Waals surface area contributed by atoms with Gasteiger partial charge in [-0.15, -0.1) is 5.10 Å². The number of urea groups is 1. The number of hydrogen-bond acceptors (Lipinski definition) is 5. The molecule has 0 spiro atoms. The zero-order chi connectivity index (χ0) is 21.7. The standard InChI is InChI=1S/C20H19ClN8O2/c1-27-15-8-6-13(10-17(15)28(2)20(27)31)23-19(30)22-12-5-7-14(21)16(9-12)29-18(11-3-4-11)24-25-26-29/h5-11H,3-4H2,1-2H3,(H2,22,23,30). The van der Waals surface area contributed by atoms with Crippen molar-refractivity contribution in [3.8, 4) is 5.69 Å². The summed E-state index contributed by atoms with van der Waals surface area (Å²) in [5.41, 5.74) is 3.10. The normalized spacial score (nSPS) is 13.5. The average molecular weight is 439 g/mol. The van der Waals surface area contributed by atoms with E-state index in [4.69, 9.17) is 11.6 Å². The first-order valence-electron chi connectivity index (χ1n) is 9.74. The Bertz CT molecular complexity index is 1380. The van der Waals surface area contributed by atoms with E-state index in [2.05, 4.69) is 26.2 Å². The monoisotopic (exact) mass is 438 g/mol. The molecular formula is C20H19ClN8O2. The second-order valence-corrected chi connectivity index (χ2v) is 7.98. The number of fused-ring (bicyclic) bond motifs is 1. The van der Waals surface area contributed by atoms with E-state index in [1.165, 1.54) is 4.57 Å². The summed E-state index contributed by atoms with van der Waals surface area (Å²) in [4.78, 5) is 24.7. The van der Waals surface area contributed by atoms with E-state index in [-0.39, 0.29) is 5.69 Å². The van der Waals surface area contributed by atoms with Gasteiger partial charge in [0, 0.05) is 31.4 Å². The van der Waals surface area contributed by atoms with Gasteiger partial charge in [-0.2, -0.15) is 4.68 Å². The average Bonchev–Trinajstić information content (AvgIpc) is 3.45. The van der Waals surface area contributed by atoms with E-state index >= 15 is 0 Å². The molecule has 1 aliphatic rings. The fourth-order valence-corrected chi connectivity index (χ4v) is 3.79. The molecule has 0 radical (unpaired) electrons. The topological polar surface area (TPSA) is 112 Å². The summed E-state index contributed by atoms with van der Waals surface area (Å²) in [7, 11) is 3.40. The van der Waals surface area contributed by atoms with Gasteiger partial charge in [0.05, 0.1) is 21.7 Å². The molecule has 2 aromatic heterocycles. The van der Waals surface area contributed by atoms with Crippen molar-refractivity contribution in [2.24, 2.45) is 14.1 Å². The van der Waals surface area contributed by atoms with Crippen LogP contribution in [0.15, 0.2) is 41.2 Å². The highest BCUT2D eigenvalue weighted by atomic mass is 35.5. The second-order valence-electron chi connectivity index (χ2n) is 7.57. The van der Waals surface area contributed by atoms with Gasteiger partial charge < -0.3 is 10.6 Å². The largest absolute Gasteiger partial charge is 0.328 e. The number of hydrogen-bond donors (Lipinski definition) is 2. The molecule has 0 saturated heterocycles. The minimum Gasteiger partial charge on any atom is -0.308 e. The lowest BCUT2D eigenvalue weighted by Gasteiger charge is -2.11. The molecule has 0 atom stereocenters. The van der Waals surface area contributed by atoms with Gasteiger partial charge in [0.15, 0.2) is 5.82 Å². The number of anilines is 2. The van der Waals surface area contributed by atoms with Crippen molar-refractivity contribution in [1.29, 1.82) is 0 Å². The van der Waals surface area contributed by atoms with Crippen LogP contribution in [0.4, 0.5) is 16.2 Å². The molecule has 4 aromatic rings. The first-order chi connectivity index (χ1) is 14.9. The van der Waals surface area contributed by atoms with Gasteiger partial charge in [0.25, 0.3) is 0 Å². The Hall–Kier alpha value is -3.66. The number of aryl methyl sites for hydroxylation is 2. The van der Waals surface area contributed by atoms with Crippen molar-refractivity contribution in [2.45, 2.75) is 18.8 Å². The molecule has 31 heavy (non-hydrogen) atoms. The van der Waals surface area contributed by atoms with Gasteiger partial charge in [0.2, 0.25) is 0 Å². The number of imidazole rings is 1. The van der Waals surface area contributed by atoms with Crippen LogP contribution in [0, 0.1) is 0 Å². The number of nitrogens with one attached hydrogen (secondary N) is 2. The fourth-order valence-electron chi connectivity index (χ4n) is 3.59. The summed E-state index contributed by atoms with van der Waals surface area (Å²) in [6.45, 7) is 0. The highest BCUT2D eigenvalue weighted by Crippen LogP contribution is 2.40. The van der Waals surface area contributed by atoms with Crippen LogP contribution in [0.25, 0.3) is 16.7 Å². The third kappa shape index (κ3) is 3.44. The van der Waals surface area contributed by atoms with Crippen molar-refractivity contribution in [3.05, 3.63) is 57.7 Å². The summed E-state index contributed by atoms with van der Waals surface area (Å²) in [5, 5.41) is 18.0. The molecule has 2 amide bonds. The Morgan fingerprint density at radius 3 is 2.45 bits per heavy atom. The molecule has 10 nitrogen and oxygen atoms in total. The molecule has 0 unspecified atom stereocenters. The van der Waals surface area contributed by atoms with Crippen LogP contribution >= 0.6 is 11.6 Å². The molecule has 0 bridgehead atoms. The van der Waals surface area contributed by atoms with Gasteiger partial charge in [-0.3, -0.25) is 9.13 Å². The lowest BCUT2D eigenvalue weighted by Crippen LogP contribution is -2.20. The van der Waals surface area contributed by atoms with E-state index in [0.29, 0.717) is 28.0 Å². The number of nitrogens with zero attached hydrogens (tertiary/aromatic N) is 6. The van der Waals surface area contributed by atoms with Gasteiger partial charge in [-0.25, -0.2) is 9.59 Å². The van der Waals surface area contributed by atoms with Gasteiger partial charge in [0.1, 0.15) is 0 Å². The van der Waals surface area contributed by atoms with Crippen LogP contribution in [0.2, 0.25) is 5.02 Å². The SMILES string of the molecule is Cn1c(=O)n(C)c2cc(NC(=O)Nc3ccc(Cl)c(-n4nnnc4C4CC4)c3)ccc21. The summed E-state index contributed by atoms with van der Waals surface area (Å²) in [6.07, 6.45) is 2.10. The Morgan fingerprint density at radius 1 is 1.03 bits per heavy atom. The smallest absolute Gasteiger partial charge is 0.308 e. The molecular weight excluding hydrogens is 420 g/mol. The number of carbonyl (C=O) groups excluding carboxylic acids is 1. The van der Waals surface area contributed by atoms with Crippen molar-refractivity contribution < 1.29 is 4.79 Å². The fraction of sp³-hybridized carbons (Fsp3) is 0.250. The lowest BCUT2D eigenvalue weighted by molar-refractivity contribution is 0.262. The highest BCUT2D eigenvalue weighted by Gasteiger charge is 2.30. The van der Waals surface area contributed by atoms with Crippen molar-refractivity contribution in [3.63, 3.8) is 0 Å². The Morgan fingerprint density at radius 2 is 1.71 bits per heavy atom. The molecule has 0 aliphatic heterocycles.